The average Bonchev–Trinajstić information content (AvgIpc) is 3.29. The van der Waals surface area contributed by atoms with Crippen molar-refractivity contribution in [1.29, 1.82) is 0 Å². The fraction of sp³-hybridized carbons (Fsp3) is 0.438. The highest BCUT2D eigenvalue weighted by atomic mass is 16.5. The maximum absolute atomic E-state index is 12.1. The van der Waals surface area contributed by atoms with Crippen LogP contribution >= 0.6 is 0 Å². The summed E-state index contributed by atoms with van der Waals surface area (Å²) in [4.78, 5) is 12.1. The first kappa shape index (κ1) is 14.6. The number of carbonyl (C=O) groups excluding carboxylic acids is 1. The largest absolute Gasteiger partial charge is 0.494 e. The number of nitrogens with zero attached hydrogens (tertiary/aromatic N) is 3. The molecule has 0 bridgehead atoms. The summed E-state index contributed by atoms with van der Waals surface area (Å²) >= 11 is 0. The van der Waals surface area contributed by atoms with E-state index in [-0.39, 0.29) is 12.6 Å². The van der Waals surface area contributed by atoms with Crippen molar-refractivity contribution in [2.45, 2.75) is 38.8 Å². The first-order valence-electron chi connectivity index (χ1n) is 7.56. The van der Waals surface area contributed by atoms with Gasteiger partial charge in [0.2, 0.25) is 0 Å². The molecule has 0 saturated heterocycles. The van der Waals surface area contributed by atoms with E-state index >= 15 is 0 Å². The Labute approximate surface area is 129 Å². The molecule has 2 aromatic rings. The Hall–Kier alpha value is -2.37. The molecule has 1 heterocycles. The van der Waals surface area contributed by atoms with Crippen molar-refractivity contribution in [1.82, 2.24) is 14.8 Å². The van der Waals surface area contributed by atoms with Crippen molar-refractivity contribution in [2.24, 2.45) is 0 Å². The lowest BCUT2D eigenvalue weighted by Gasteiger charge is -2.08. The maximum Gasteiger partial charge on any atom is 0.338 e. The summed E-state index contributed by atoms with van der Waals surface area (Å²) < 4.78 is 12.8. The Bertz CT molecular complexity index is 650. The van der Waals surface area contributed by atoms with Crippen molar-refractivity contribution < 1.29 is 14.3 Å². The Morgan fingerprint density at radius 1 is 1.41 bits per heavy atom. The minimum absolute atomic E-state index is 0.134. The van der Waals surface area contributed by atoms with Crippen LogP contribution in [0.5, 0.6) is 5.75 Å². The van der Waals surface area contributed by atoms with Gasteiger partial charge >= 0.3 is 5.97 Å². The zero-order valence-electron chi connectivity index (χ0n) is 12.6. The molecule has 0 spiro atoms. The summed E-state index contributed by atoms with van der Waals surface area (Å²) in [6.45, 7) is 2.80. The fourth-order valence-corrected chi connectivity index (χ4v) is 2.17. The molecule has 116 valence electrons. The van der Waals surface area contributed by atoms with E-state index in [0.29, 0.717) is 29.8 Å². The predicted octanol–water partition coefficient (Wildman–Crippen LogP) is 2.76. The summed E-state index contributed by atoms with van der Waals surface area (Å²) in [5.74, 6) is 0.985. The third-order valence-corrected chi connectivity index (χ3v) is 3.46. The molecule has 22 heavy (non-hydrogen) atoms. The molecule has 0 unspecified atom stereocenters. The number of hydrogen-bond acceptors (Lipinski definition) is 5. The molecular weight excluding hydrogens is 282 g/mol. The predicted molar refractivity (Wildman–Crippen MR) is 79.6 cm³/mol. The number of rotatable bonds is 7. The van der Waals surface area contributed by atoms with Gasteiger partial charge in [-0.2, -0.15) is 0 Å². The van der Waals surface area contributed by atoms with Gasteiger partial charge in [-0.05, 0) is 37.5 Å². The molecule has 1 fully saturated rings. The highest BCUT2D eigenvalue weighted by molar-refractivity contribution is 5.89. The smallest absolute Gasteiger partial charge is 0.338 e. The molecule has 6 heteroatoms. The summed E-state index contributed by atoms with van der Waals surface area (Å²) in [7, 11) is 0. The van der Waals surface area contributed by atoms with Crippen molar-refractivity contribution in [2.75, 3.05) is 6.61 Å². The van der Waals surface area contributed by atoms with Gasteiger partial charge in [-0.1, -0.05) is 13.0 Å². The molecule has 0 N–H and O–H groups in total. The zero-order chi connectivity index (χ0) is 15.4. The molecule has 1 aromatic carbocycles. The summed E-state index contributed by atoms with van der Waals surface area (Å²) in [5, 5.41) is 7.90. The Morgan fingerprint density at radius 3 is 3.05 bits per heavy atom. The zero-order valence-corrected chi connectivity index (χ0v) is 12.6. The van der Waals surface area contributed by atoms with Crippen molar-refractivity contribution >= 4 is 5.97 Å². The third kappa shape index (κ3) is 3.44. The minimum Gasteiger partial charge on any atom is -0.494 e. The molecule has 0 aliphatic heterocycles. The lowest BCUT2D eigenvalue weighted by Crippen LogP contribution is -2.09. The number of aromatic nitrogens is 3. The summed E-state index contributed by atoms with van der Waals surface area (Å²) in [5.41, 5.74) is 0.478. The topological polar surface area (TPSA) is 66.2 Å². The van der Waals surface area contributed by atoms with Gasteiger partial charge in [0.25, 0.3) is 0 Å². The third-order valence-electron chi connectivity index (χ3n) is 3.46. The lowest BCUT2D eigenvalue weighted by molar-refractivity contribution is 0.0457. The van der Waals surface area contributed by atoms with Crippen LogP contribution in [0.15, 0.2) is 30.6 Å². The maximum atomic E-state index is 12.1. The first-order valence-corrected chi connectivity index (χ1v) is 7.56. The van der Waals surface area contributed by atoms with Crippen molar-refractivity contribution in [3.05, 3.63) is 42.0 Å². The summed E-state index contributed by atoms with van der Waals surface area (Å²) in [6.07, 6.45) is 4.89. The quantitative estimate of drug-likeness (QED) is 0.736. The highest BCUT2D eigenvalue weighted by Crippen LogP contribution is 2.35. The molecule has 3 rings (SSSR count). The van der Waals surface area contributed by atoms with Gasteiger partial charge in [0, 0.05) is 6.04 Å². The molecule has 0 amide bonds. The Balaban J connectivity index is 1.60. The van der Waals surface area contributed by atoms with E-state index in [1.54, 1.807) is 24.5 Å². The van der Waals surface area contributed by atoms with E-state index in [9.17, 15) is 4.79 Å². The molecule has 1 aliphatic carbocycles. The monoisotopic (exact) mass is 301 g/mol. The first-order chi connectivity index (χ1) is 10.8. The van der Waals surface area contributed by atoms with E-state index in [4.69, 9.17) is 9.47 Å². The van der Waals surface area contributed by atoms with Crippen LogP contribution in [0.25, 0.3) is 0 Å². The van der Waals surface area contributed by atoms with E-state index in [1.165, 1.54) is 0 Å². The number of esters is 1. The van der Waals surface area contributed by atoms with Crippen LogP contribution in [-0.2, 0) is 11.3 Å². The van der Waals surface area contributed by atoms with E-state index in [0.717, 1.165) is 19.3 Å². The van der Waals surface area contributed by atoms with Gasteiger partial charge in [-0.15, -0.1) is 10.2 Å². The minimum atomic E-state index is -0.382. The molecule has 0 atom stereocenters. The van der Waals surface area contributed by atoms with Crippen LogP contribution in [0.2, 0.25) is 0 Å². The Kier molecular flexibility index (Phi) is 4.37. The number of benzene rings is 1. The second-order valence-electron chi connectivity index (χ2n) is 5.34. The number of carbonyl (C=O) groups is 1. The fourth-order valence-electron chi connectivity index (χ4n) is 2.17. The Morgan fingerprint density at radius 2 is 2.27 bits per heavy atom. The van der Waals surface area contributed by atoms with Crippen LogP contribution in [0.1, 0.15) is 48.4 Å². The molecule has 1 aromatic heterocycles. The van der Waals surface area contributed by atoms with Gasteiger partial charge in [-0.25, -0.2) is 4.79 Å². The normalized spacial score (nSPS) is 13.9. The highest BCUT2D eigenvalue weighted by Gasteiger charge is 2.26. The number of ether oxygens (including phenoxy) is 2. The second-order valence-corrected chi connectivity index (χ2v) is 5.34. The molecule has 6 nitrogen and oxygen atoms in total. The van der Waals surface area contributed by atoms with Crippen molar-refractivity contribution in [3.8, 4) is 5.75 Å². The van der Waals surface area contributed by atoms with Gasteiger partial charge in [0.05, 0.1) is 12.2 Å². The average molecular weight is 301 g/mol. The lowest BCUT2D eigenvalue weighted by atomic mass is 10.2. The standard InChI is InChI=1S/C16H19N3O3/c1-2-8-21-14-5-3-4-12(9-14)16(20)22-10-15-18-17-11-19(15)13-6-7-13/h3-5,9,11,13H,2,6-8,10H2,1H3. The number of hydrogen-bond donors (Lipinski definition) is 0. The van der Waals surface area contributed by atoms with E-state index < -0.39 is 0 Å². The van der Waals surface area contributed by atoms with Crippen LogP contribution in [-0.4, -0.2) is 27.3 Å². The van der Waals surface area contributed by atoms with E-state index in [2.05, 4.69) is 10.2 Å². The molecule has 0 radical (unpaired) electrons. The SMILES string of the molecule is CCCOc1cccc(C(=O)OCc2nncn2C2CC2)c1. The second kappa shape index (κ2) is 6.60. The van der Waals surface area contributed by atoms with Crippen LogP contribution < -0.4 is 4.74 Å². The van der Waals surface area contributed by atoms with Gasteiger partial charge in [-0.3, -0.25) is 0 Å². The van der Waals surface area contributed by atoms with Gasteiger partial charge in [0.1, 0.15) is 12.1 Å². The van der Waals surface area contributed by atoms with Gasteiger partial charge in [0.15, 0.2) is 12.4 Å². The van der Waals surface area contributed by atoms with Crippen molar-refractivity contribution in [3.63, 3.8) is 0 Å². The molecular formula is C16H19N3O3. The van der Waals surface area contributed by atoms with Crippen LogP contribution in [0.3, 0.4) is 0 Å². The van der Waals surface area contributed by atoms with Gasteiger partial charge < -0.3 is 14.0 Å². The van der Waals surface area contributed by atoms with Crippen LogP contribution in [0, 0.1) is 0 Å². The molecule has 1 aliphatic rings. The summed E-state index contributed by atoms with van der Waals surface area (Å²) in [6, 6.07) is 7.50. The molecule has 1 saturated carbocycles. The van der Waals surface area contributed by atoms with Crippen LogP contribution in [0.4, 0.5) is 0 Å². The van der Waals surface area contributed by atoms with E-state index in [1.807, 2.05) is 17.6 Å².